The van der Waals surface area contributed by atoms with E-state index in [0.717, 1.165) is 24.6 Å². The minimum Gasteiger partial charge on any atom is -0.494 e. The van der Waals surface area contributed by atoms with Gasteiger partial charge in [0.2, 0.25) is 0 Å². The van der Waals surface area contributed by atoms with Crippen LogP contribution in [0.15, 0.2) is 18.2 Å². The minimum absolute atomic E-state index is 0.290. The smallest absolute Gasteiger partial charge is 0.165 e. The van der Waals surface area contributed by atoms with Crippen molar-refractivity contribution in [3.05, 3.63) is 29.6 Å². The van der Waals surface area contributed by atoms with Gasteiger partial charge in [0.1, 0.15) is 0 Å². The van der Waals surface area contributed by atoms with Crippen LogP contribution in [-0.2, 0) is 6.54 Å². The van der Waals surface area contributed by atoms with E-state index >= 15 is 0 Å². The molecule has 0 bridgehead atoms. The largest absolute Gasteiger partial charge is 0.494 e. The Labute approximate surface area is 109 Å². The Balaban J connectivity index is 1.85. The van der Waals surface area contributed by atoms with Crippen molar-refractivity contribution in [1.29, 1.82) is 0 Å². The highest BCUT2D eigenvalue weighted by Crippen LogP contribution is 2.51. The first kappa shape index (κ1) is 13.3. The molecule has 0 aliphatic heterocycles. The summed E-state index contributed by atoms with van der Waals surface area (Å²) >= 11 is 0. The van der Waals surface area contributed by atoms with Crippen molar-refractivity contribution in [3.8, 4) is 5.75 Å². The summed E-state index contributed by atoms with van der Waals surface area (Å²) in [5.74, 6) is 0.735. The molecule has 1 aliphatic rings. The van der Waals surface area contributed by atoms with Gasteiger partial charge in [-0.05, 0) is 41.9 Å². The normalized spacial score (nSPS) is 16.9. The summed E-state index contributed by atoms with van der Waals surface area (Å²) in [6.45, 7) is 6.30. The number of hydrogen-bond donors (Lipinski definition) is 1. The molecule has 1 saturated carbocycles. The molecule has 18 heavy (non-hydrogen) atoms. The van der Waals surface area contributed by atoms with Gasteiger partial charge in [0.25, 0.3) is 0 Å². The van der Waals surface area contributed by atoms with Crippen molar-refractivity contribution in [2.75, 3.05) is 13.7 Å². The summed E-state index contributed by atoms with van der Waals surface area (Å²) in [6, 6.07) is 5.13. The highest BCUT2D eigenvalue weighted by atomic mass is 19.1. The third kappa shape index (κ3) is 2.83. The van der Waals surface area contributed by atoms with E-state index < -0.39 is 0 Å². The average Bonchev–Trinajstić information content (AvgIpc) is 3.10. The van der Waals surface area contributed by atoms with Crippen LogP contribution in [-0.4, -0.2) is 13.7 Å². The van der Waals surface area contributed by atoms with Crippen LogP contribution in [0.1, 0.15) is 32.3 Å². The van der Waals surface area contributed by atoms with Gasteiger partial charge < -0.3 is 10.1 Å². The van der Waals surface area contributed by atoms with Crippen molar-refractivity contribution in [1.82, 2.24) is 5.32 Å². The SMILES string of the molecule is COc1ccc(CNCC2(C(C)C)CC2)cc1F. The fourth-order valence-corrected chi connectivity index (χ4v) is 2.39. The molecule has 0 amide bonds. The Hall–Kier alpha value is -1.09. The molecule has 0 unspecified atom stereocenters. The van der Waals surface area contributed by atoms with Crippen LogP contribution in [0.25, 0.3) is 0 Å². The van der Waals surface area contributed by atoms with Gasteiger partial charge in [-0.1, -0.05) is 19.9 Å². The zero-order chi connectivity index (χ0) is 13.2. The van der Waals surface area contributed by atoms with Gasteiger partial charge in [-0.3, -0.25) is 0 Å². The van der Waals surface area contributed by atoms with Crippen LogP contribution < -0.4 is 10.1 Å². The first-order valence-electron chi connectivity index (χ1n) is 6.60. The zero-order valence-corrected chi connectivity index (χ0v) is 11.4. The van der Waals surface area contributed by atoms with Crippen LogP contribution in [0, 0.1) is 17.2 Å². The minimum atomic E-state index is -0.290. The van der Waals surface area contributed by atoms with E-state index in [2.05, 4.69) is 19.2 Å². The van der Waals surface area contributed by atoms with Crippen LogP contribution >= 0.6 is 0 Å². The summed E-state index contributed by atoms with van der Waals surface area (Å²) in [5, 5.41) is 3.44. The average molecular weight is 251 g/mol. The third-order valence-corrected chi connectivity index (χ3v) is 4.14. The highest BCUT2D eigenvalue weighted by molar-refractivity contribution is 5.29. The molecule has 0 spiro atoms. The molecule has 0 heterocycles. The number of halogens is 1. The Bertz CT molecular complexity index is 413. The van der Waals surface area contributed by atoms with E-state index in [0.29, 0.717) is 11.2 Å². The molecule has 3 heteroatoms. The molecule has 1 N–H and O–H groups in total. The van der Waals surface area contributed by atoms with Crippen molar-refractivity contribution in [2.24, 2.45) is 11.3 Å². The van der Waals surface area contributed by atoms with E-state index in [1.165, 1.54) is 20.0 Å². The molecular formula is C15H22FNO. The van der Waals surface area contributed by atoms with Crippen molar-refractivity contribution in [3.63, 3.8) is 0 Å². The fraction of sp³-hybridized carbons (Fsp3) is 0.600. The van der Waals surface area contributed by atoms with Crippen LogP contribution in [0.2, 0.25) is 0 Å². The number of benzene rings is 1. The van der Waals surface area contributed by atoms with E-state index in [4.69, 9.17) is 4.74 Å². The summed E-state index contributed by atoms with van der Waals surface area (Å²) in [4.78, 5) is 0. The third-order valence-electron chi connectivity index (χ3n) is 4.14. The summed E-state index contributed by atoms with van der Waals surface area (Å²) < 4.78 is 18.4. The second-order valence-electron chi connectivity index (χ2n) is 5.59. The van der Waals surface area contributed by atoms with E-state index in [-0.39, 0.29) is 5.82 Å². The van der Waals surface area contributed by atoms with Crippen molar-refractivity contribution >= 4 is 0 Å². The van der Waals surface area contributed by atoms with Gasteiger partial charge in [0.05, 0.1) is 7.11 Å². The number of ether oxygens (including phenoxy) is 1. The second kappa shape index (κ2) is 5.27. The number of nitrogens with one attached hydrogen (secondary N) is 1. The summed E-state index contributed by atoms with van der Waals surface area (Å²) in [5.41, 5.74) is 1.46. The molecule has 2 nitrogen and oxygen atoms in total. The molecule has 0 radical (unpaired) electrons. The molecule has 1 aliphatic carbocycles. The highest BCUT2D eigenvalue weighted by Gasteiger charge is 2.44. The lowest BCUT2D eigenvalue weighted by Gasteiger charge is -2.20. The fourth-order valence-electron chi connectivity index (χ4n) is 2.39. The van der Waals surface area contributed by atoms with Gasteiger partial charge in [-0.2, -0.15) is 0 Å². The molecule has 0 saturated heterocycles. The maximum Gasteiger partial charge on any atom is 0.165 e. The monoisotopic (exact) mass is 251 g/mol. The Morgan fingerprint density at radius 3 is 2.61 bits per heavy atom. The van der Waals surface area contributed by atoms with Crippen molar-refractivity contribution < 1.29 is 9.13 Å². The Morgan fingerprint density at radius 1 is 1.39 bits per heavy atom. The molecule has 0 aromatic heterocycles. The molecule has 0 atom stereocenters. The summed E-state index contributed by atoms with van der Waals surface area (Å²) in [7, 11) is 1.48. The van der Waals surface area contributed by atoms with Gasteiger partial charge in [-0.25, -0.2) is 4.39 Å². The molecule has 100 valence electrons. The predicted octanol–water partition coefficient (Wildman–Crippen LogP) is 3.36. The molecule has 2 rings (SSSR count). The number of hydrogen-bond acceptors (Lipinski definition) is 2. The standard InChI is InChI=1S/C15H22FNO/c1-11(2)15(6-7-15)10-17-9-12-4-5-14(18-3)13(16)8-12/h4-5,8,11,17H,6-7,9-10H2,1-3H3. The van der Waals surface area contributed by atoms with Crippen LogP contribution in [0.5, 0.6) is 5.75 Å². The van der Waals surface area contributed by atoms with E-state index in [1.54, 1.807) is 12.1 Å². The molecule has 1 aromatic rings. The van der Waals surface area contributed by atoms with E-state index in [9.17, 15) is 4.39 Å². The predicted molar refractivity (Wildman–Crippen MR) is 71.2 cm³/mol. The Kier molecular flexibility index (Phi) is 3.91. The number of rotatable bonds is 6. The lowest BCUT2D eigenvalue weighted by atomic mass is 9.92. The first-order chi connectivity index (χ1) is 8.57. The summed E-state index contributed by atoms with van der Waals surface area (Å²) in [6.07, 6.45) is 2.63. The van der Waals surface area contributed by atoms with Crippen LogP contribution in [0.4, 0.5) is 4.39 Å². The lowest BCUT2D eigenvalue weighted by Crippen LogP contribution is -2.27. The molecular weight excluding hydrogens is 229 g/mol. The molecule has 1 fully saturated rings. The topological polar surface area (TPSA) is 21.3 Å². The van der Waals surface area contributed by atoms with Crippen molar-refractivity contribution in [2.45, 2.75) is 33.2 Å². The number of methoxy groups -OCH3 is 1. The lowest BCUT2D eigenvalue weighted by molar-refractivity contribution is 0.337. The van der Waals surface area contributed by atoms with Gasteiger partial charge in [0.15, 0.2) is 11.6 Å². The first-order valence-corrected chi connectivity index (χ1v) is 6.60. The van der Waals surface area contributed by atoms with E-state index in [1.807, 2.05) is 6.07 Å². The zero-order valence-electron chi connectivity index (χ0n) is 11.4. The quantitative estimate of drug-likeness (QED) is 0.837. The maximum atomic E-state index is 13.5. The second-order valence-corrected chi connectivity index (χ2v) is 5.59. The van der Waals surface area contributed by atoms with Crippen LogP contribution in [0.3, 0.4) is 0 Å². The van der Waals surface area contributed by atoms with Gasteiger partial charge in [0, 0.05) is 13.1 Å². The maximum absolute atomic E-state index is 13.5. The Morgan fingerprint density at radius 2 is 2.11 bits per heavy atom. The molecule has 1 aromatic carbocycles. The van der Waals surface area contributed by atoms with Gasteiger partial charge in [-0.15, -0.1) is 0 Å². The van der Waals surface area contributed by atoms with Gasteiger partial charge >= 0.3 is 0 Å².